The molecule has 0 saturated carbocycles. The molecule has 0 radical (unpaired) electrons. The number of phenols is 1. The van der Waals surface area contributed by atoms with Gasteiger partial charge in [-0.05, 0) is 68.7 Å². The number of unbranched alkanes of at least 4 members (excludes halogenated alkanes) is 1. The zero-order valence-electron chi connectivity index (χ0n) is 27.4. The summed E-state index contributed by atoms with van der Waals surface area (Å²) in [6, 6.07) is -1.14. The highest BCUT2D eigenvalue weighted by Crippen LogP contribution is 2.13. The minimum Gasteiger partial charge on any atom is -0.508 e. The van der Waals surface area contributed by atoms with Crippen LogP contribution in [0.4, 0.5) is 0 Å². The number of rotatable bonds is 14. The number of benzene rings is 1. The third-order valence-electron chi connectivity index (χ3n) is 7.68. The SMILES string of the molecule is CC(C)C[C@H](NC(=O)[C@H](Cc1ccc(O)cc1)NC(=O)[C@@H]1C/C=C/C[C@H](N)C(=O)N[C@@H](CCCCN)C(=O)N[C@@H](CN)C(=O)N1)C(=O)O. The summed E-state index contributed by atoms with van der Waals surface area (Å²) in [5.41, 5.74) is 18.0. The zero-order chi connectivity index (χ0) is 35.8. The minimum absolute atomic E-state index is 0.0125. The molecule has 16 nitrogen and oxygen atoms in total. The van der Waals surface area contributed by atoms with Crippen LogP contribution in [0.1, 0.15) is 57.9 Å². The Balaban J connectivity index is 2.37. The van der Waals surface area contributed by atoms with Crippen molar-refractivity contribution in [3.8, 4) is 5.75 Å². The number of carboxylic acids is 1. The van der Waals surface area contributed by atoms with Gasteiger partial charge in [-0.25, -0.2) is 4.79 Å². The highest BCUT2D eigenvalue weighted by atomic mass is 16.4. The second-order valence-electron chi connectivity index (χ2n) is 12.2. The standard InChI is InChI=1S/C32H50N8O8/c1-18(2)15-25(32(47)48)39-30(45)24(16-19-10-12-20(41)13-11-19)38-28(43)23-8-4-3-7-21(35)27(42)36-22(9-5-6-14-33)29(44)40-26(17-34)31(46)37-23/h3-4,10-13,18,21-26,41H,5-9,14-17,33-35H2,1-2H3,(H,36,42)(H,37,46)(H,38,43)(H,39,45)(H,40,44)(H,47,48)/b4-3+/t21-,22-,23-,24-,25-,26-/m0/s1. The molecule has 5 amide bonds. The lowest BCUT2D eigenvalue weighted by molar-refractivity contribution is -0.142. The molecule has 0 aliphatic carbocycles. The average molecular weight is 675 g/mol. The Bertz CT molecular complexity index is 1290. The fourth-order valence-corrected chi connectivity index (χ4v) is 4.94. The first-order valence-corrected chi connectivity index (χ1v) is 16.1. The van der Waals surface area contributed by atoms with Crippen LogP contribution in [0.15, 0.2) is 36.4 Å². The molecule has 0 aromatic heterocycles. The van der Waals surface area contributed by atoms with E-state index in [-0.39, 0.29) is 50.3 Å². The lowest BCUT2D eigenvalue weighted by atomic mass is 10.0. The summed E-state index contributed by atoms with van der Waals surface area (Å²) in [5.74, 6) is -4.86. The van der Waals surface area contributed by atoms with E-state index in [1.54, 1.807) is 38.1 Å². The normalized spacial score (nSPS) is 22.7. The van der Waals surface area contributed by atoms with Crippen LogP contribution in [0.5, 0.6) is 5.75 Å². The third-order valence-corrected chi connectivity index (χ3v) is 7.68. The van der Waals surface area contributed by atoms with Gasteiger partial charge in [-0.1, -0.05) is 38.1 Å². The van der Waals surface area contributed by atoms with E-state index in [0.717, 1.165) is 0 Å². The Morgan fingerprint density at radius 3 is 2.10 bits per heavy atom. The van der Waals surface area contributed by atoms with Gasteiger partial charge in [0, 0.05) is 13.0 Å². The van der Waals surface area contributed by atoms with Crippen LogP contribution >= 0.6 is 0 Å². The van der Waals surface area contributed by atoms with Crippen molar-refractivity contribution in [1.82, 2.24) is 26.6 Å². The number of hydrogen-bond donors (Lipinski definition) is 10. The Kier molecular flexibility index (Phi) is 16.5. The highest BCUT2D eigenvalue weighted by molar-refractivity contribution is 5.96. The van der Waals surface area contributed by atoms with Gasteiger partial charge in [0.05, 0.1) is 6.04 Å². The molecule has 6 atom stereocenters. The number of nitrogens with one attached hydrogen (secondary N) is 5. The second kappa shape index (κ2) is 20.0. The first kappa shape index (κ1) is 39.6. The predicted octanol–water partition coefficient (Wildman–Crippen LogP) is -1.75. The van der Waals surface area contributed by atoms with Crippen molar-refractivity contribution in [2.45, 2.75) is 95.0 Å². The van der Waals surface area contributed by atoms with Crippen LogP contribution in [0.2, 0.25) is 0 Å². The lowest BCUT2D eigenvalue weighted by Crippen LogP contribution is -2.60. The average Bonchev–Trinajstić information content (AvgIpc) is 3.03. The Morgan fingerprint density at radius 2 is 1.50 bits per heavy atom. The van der Waals surface area contributed by atoms with Crippen LogP contribution in [0.25, 0.3) is 0 Å². The molecule has 1 aliphatic rings. The van der Waals surface area contributed by atoms with Gasteiger partial charge in [0.2, 0.25) is 29.5 Å². The van der Waals surface area contributed by atoms with Crippen molar-refractivity contribution in [3.05, 3.63) is 42.0 Å². The number of amides is 5. The van der Waals surface area contributed by atoms with Gasteiger partial charge in [0.15, 0.2) is 0 Å². The quantitative estimate of drug-likeness (QED) is 0.0780. The number of carbonyl (C=O) groups is 6. The van der Waals surface area contributed by atoms with Gasteiger partial charge in [0.1, 0.15) is 36.0 Å². The van der Waals surface area contributed by atoms with Crippen molar-refractivity contribution in [1.29, 1.82) is 0 Å². The third kappa shape index (κ3) is 13.3. The summed E-state index contributed by atoms with van der Waals surface area (Å²) >= 11 is 0. The van der Waals surface area contributed by atoms with E-state index in [4.69, 9.17) is 17.2 Å². The summed E-state index contributed by atoms with van der Waals surface area (Å²) < 4.78 is 0. The maximum absolute atomic E-state index is 13.7. The van der Waals surface area contributed by atoms with Crippen molar-refractivity contribution in [3.63, 3.8) is 0 Å². The molecule has 16 heteroatoms. The molecular weight excluding hydrogens is 624 g/mol. The van der Waals surface area contributed by atoms with Crippen LogP contribution in [0.3, 0.4) is 0 Å². The summed E-state index contributed by atoms with van der Waals surface area (Å²) in [7, 11) is 0. The van der Waals surface area contributed by atoms with Gasteiger partial charge in [-0.2, -0.15) is 0 Å². The zero-order valence-corrected chi connectivity index (χ0v) is 27.4. The molecule has 0 bridgehead atoms. The summed E-state index contributed by atoms with van der Waals surface area (Å²) in [5, 5.41) is 32.2. The predicted molar refractivity (Wildman–Crippen MR) is 177 cm³/mol. The van der Waals surface area contributed by atoms with Gasteiger partial charge in [-0.15, -0.1) is 0 Å². The Hall–Kier alpha value is -4.54. The Labute approximate surface area is 280 Å². The fraction of sp³-hybridized carbons (Fsp3) is 0.562. The smallest absolute Gasteiger partial charge is 0.326 e. The topological polar surface area (TPSA) is 281 Å². The van der Waals surface area contributed by atoms with Crippen LogP contribution < -0.4 is 43.8 Å². The molecule has 0 spiro atoms. The van der Waals surface area contributed by atoms with E-state index in [1.807, 2.05) is 0 Å². The molecule has 0 saturated heterocycles. The number of nitrogens with two attached hydrogens (primary N) is 3. The van der Waals surface area contributed by atoms with Gasteiger partial charge in [0.25, 0.3) is 0 Å². The lowest BCUT2D eigenvalue weighted by Gasteiger charge is -2.27. The molecule has 0 fully saturated rings. The van der Waals surface area contributed by atoms with Crippen LogP contribution in [-0.4, -0.2) is 95.1 Å². The molecule has 1 heterocycles. The maximum atomic E-state index is 13.7. The number of aliphatic carboxylic acids is 1. The summed E-state index contributed by atoms with van der Waals surface area (Å²) in [6.07, 6.45) is 4.54. The number of hydrogen-bond acceptors (Lipinski definition) is 10. The van der Waals surface area contributed by atoms with Crippen LogP contribution in [-0.2, 0) is 35.2 Å². The molecule has 1 aromatic rings. The van der Waals surface area contributed by atoms with Crippen molar-refractivity contribution < 1.29 is 39.0 Å². The molecule has 2 rings (SSSR count). The summed E-state index contributed by atoms with van der Waals surface area (Å²) in [6.45, 7) is 3.67. The van der Waals surface area contributed by atoms with Gasteiger partial charge in [-0.3, -0.25) is 24.0 Å². The summed E-state index contributed by atoms with van der Waals surface area (Å²) in [4.78, 5) is 78.2. The van der Waals surface area contributed by atoms with E-state index in [2.05, 4.69) is 26.6 Å². The molecular formula is C32H50N8O8. The maximum Gasteiger partial charge on any atom is 0.326 e. The van der Waals surface area contributed by atoms with E-state index < -0.39 is 71.8 Å². The van der Waals surface area contributed by atoms with E-state index in [1.165, 1.54) is 12.1 Å². The van der Waals surface area contributed by atoms with Crippen molar-refractivity contribution in [2.24, 2.45) is 23.1 Å². The molecule has 1 aliphatic heterocycles. The van der Waals surface area contributed by atoms with Crippen LogP contribution in [0, 0.1) is 5.92 Å². The van der Waals surface area contributed by atoms with Gasteiger partial charge < -0.3 is 54.0 Å². The van der Waals surface area contributed by atoms with E-state index in [9.17, 15) is 39.0 Å². The van der Waals surface area contributed by atoms with E-state index >= 15 is 0 Å². The number of aromatic hydroxyl groups is 1. The largest absolute Gasteiger partial charge is 0.508 e. The fourth-order valence-electron chi connectivity index (χ4n) is 4.94. The first-order chi connectivity index (χ1) is 22.7. The number of phenolic OH excluding ortho intramolecular Hbond substituents is 1. The molecule has 1 aromatic carbocycles. The molecule has 0 unspecified atom stereocenters. The van der Waals surface area contributed by atoms with E-state index in [0.29, 0.717) is 24.9 Å². The molecule has 13 N–H and O–H groups in total. The van der Waals surface area contributed by atoms with Crippen molar-refractivity contribution in [2.75, 3.05) is 13.1 Å². The second-order valence-corrected chi connectivity index (χ2v) is 12.2. The molecule has 48 heavy (non-hydrogen) atoms. The van der Waals surface area contributed by atoms with Crippen molar-refractivity contribution >= 4 is 35.5 Å². The minimum atomic E-state index is -1.28. The highest BCUT2D eigenvalue weighted by Gasteiger charge is 2.32. The molecule has 266 valence electrons. The number of carboxylic acid groups (broad SMARTS) is 1. The number of carbonyl (C=O) groups excluding carboxylic acids is 5. The first-order valence-electron chi connectivity index (χ1n) is 16.1. The van der Waals surface area contributed by atoms with Gasteiger partial charge >= 0.3 is 5.97 Å². The monoisotopic (exact) mass is 674 g/mol. The Morgan fingerprint density at radius 1 is 0.875 bits per heavy atom.